The molecule has 0 saturated heterocycles. The van der Waals surface area contributed by atoms with Gasteiger partial charge in [0.05, 0.1) is 33.6 Å². The van der Waals surface area contributed by atoms with Crippen LogP contribution in [-0.2, 0) is 0 Å². The molecule has 0 amide bonds. The van der Waals surface area contributed by atoms with Crippen LogP contribution in [0.2, 0.25) is 0 Å². The number of fused-ring (bicyclic) bond motifs is 7. The Morgan fingerprint density at radius 1 is 0.367 bits per heavy atom. The molecule has 1 aliphatic rings. The lowest BCUT2D eigenvalue weighted by atomic mass is 9.96. The minimum Gasteiger partial charge on any atom is -0.309 e. The summed E-state index contributed by atoms with van der Waals surface area (Å²) in [5.74, 6) is 0.643. The summed E-state index contributed by atoms with van der Waals surface area (Å²) in [6.07, 6.45) is 4.45. The smallest absolute Gasteiger partial charge is 0.235 e. The fourth-order valence-electron chi connectivity index (χ4n) is 9.09. The Balaban J connectivity index is 1.02. The number of anilines is 3. The first-order chi connectivity index (χ1) is 29.7. The SMILES string of the molecule is C1=Cc2ccc(-c3ccc4c5ccccc5n(-c5nc(-c6ccc(-c7cccc8ccccc78)cc6)c6ccccc6n5)c4c3)cc2N(c2ccccc2)c2ccccc21. The van der Waals surface area contributed by atoms with Gasteiger partial charge in [0.25, 0.3) is 0 Å². The summed E-state index contributed by atoms with van der Waals surface area (Å²) < 4.78 is 2.24. The van der Waals surface area contributed by atoms with Crippen LogP contribution in [-0.4, -0.2) is 14.5 Å². The molecule has 0 atom stereocenters. The molecule has 0 fully saturated rings. The summed E-state index contributed by atoms with van der Waals surface area (Å²) in [4.78, 5) is 13.1. The quantitative estimate of drug-likeness (QED) is 0.175. The zero-order valence-electron chi connectivity index (χ0n) is 32.6. The van der Waals surface area contributed by atoms with E-state index in [2.05, 4.69) is 228 Å². The lowest BCUT2D eigenvalue weighted by Crippen LogP contribution is -2.11. The first-order valence-corrected chi connectivity index (χ1v) is 20.4. The van der Waals surface area contributed by atoms with Gasteiger partial charge in [-0.3, -0.25) is 4.57 Å². The highest BCUT2D eigenvalue weighted by Gasteiger charge is 2.22. The molecule has 60 heavy (non-hydrogen) atoms. The highest BCUT2D eigenvalue weighted by atomic mass is 15.2. The van der Waals surface area contributed by atoms with Gasteiger partial charge in [-0.25, -0.2) is 9.97 Å². The third-order valence-corrected chi connectivity index (χ3v) is 12.0. The van der Waals surface area contributed by atoms with E-state index < -0.39 is 0 Å². The van der Waals surface area contributed by atoms with Gasteiger partial charge in [0.2, 0.25) is 5.95 Å². The minimum absolute atomic E-state index is 0.643. The van der Waals surface area contributed by atoms with Crippen molar-refractivity contribution in [3.63, 3.8) is 0 Å². The summed E-state index contributed by atoms with van der Waals surface area (Å²) in [7, 11) is 0. The average molecular weight is 765 g/mol. The largest absolute Gasteiger partial charge is 0.309 e. The van der Waals surface area contributed by atoms with Crippen molar-refractivity contribution >= 4 is 72.7 Å². The molecule has 0 N–H and O–H groups in total. The molecule has 4 nitrogen and oxygen atoms in total. The molecule has 0 spiro atoms. The van der Waals surface area contributed by atoms with Crippen LogP contribution in [0.5, 0.6) is 0 Å². The minimum atomic E-state index is 0.643. The molecule has 0 bridgehead atoms. The van der Waals surface area contributed by atoms with Gasteiger partial charge in [-0.2, -0.15) is 0 Å². The molecule has 4 heteroatoms. The molecular formula is C56H36N4. The van der Waals surface area contributed by atoms with E-state index in [1.54, 1.807) is 0 Å². The summed E-state index contributed by atoms with van der Waals surface area (Å²) in [5.41, 5.74) is 15.4. The van der Waals surface area contributed by atoms with Crippen molar-refractivity contribution in [2.75, 3.05) is 4.90 Å². The number of nitrogens with zero attached hydrogens (tertiary/aromatic N) is 4. The summed E-state index contributed by atoms with van der Waals surface area (Å²) in [5, 5.41) is 5.82. The van der Waals surface area contributed by atoms with Gasteiger partial charge in [0.15, 0.2) is 0 Å². The molecule has 0 aliphatic carbocycles. The number of para-hydroxylation sites is 4. The summed E-state index contributed by atoms with van der Waals surface area (Å²) >= 11 is 0. The van der Waals surface area contributed by atoms with Gasteiger partial charge in [-0.15, -0.1) is 0 Å². The van der Waals surface area contributed by atoms with Crippen LogP contribution < -0.4 is 4.90 Å². The number of aromatic nitrogens is 3. The van der Waals surface area contributed by atoms with Crippen LogP contribution in [0, 0.1) is 0 Å². The maximum Gasteiger partial charge on any atom is 0.235 e. The number of rotatable bonds is 5. The molecule has 0 saturated carbocycles. The molecule has 280 valence electrons. The predicted octanol–water partition coefficient (Wildman–Crippen LogP) is 14.8. The molecule has 9 aromatic carbocycles. The second-order valence-corrected chi connectivity index (χ2v) is 15.4. The number of benzene rings is 9. The molecular weight excluding hydrogens is 729 g/mol. The highest BCUT2D eigenvalue weighted by molar-refractivity contribution is 6.10. The Bertz CT molecular complexity index is 3480. The van der Waals surface area contributed by atoms with Crippen LogP contribution in [0.1, 0.15) is 11.1 Å². The number of hydrogen-bond donors (Lipinski definition) is 0. The molecule has 0 unspecified atom stereocenters. The van der Waals surface area contributed by atoms with Crippen molar-refractivity contribution in [2.24, 2.45) is 0 Å². The van der Waals surface area contributed by atoms with Gasteiger partial charge in [0.1, 0.15) is 0 Å². The van der Waals surface area contributed by atoms with E-state index in [9.17, 15) is 0 Å². The van der Waals surface area contributed by atoms with E-state index in [0.717, 1.165) is 77.7 Å². The monoisotopic (exact) mass is 764 g/mol. The Labute approximate surface area is 347 Å². The Hall–Kier alpha value is -8.08. The molecule has 11 aromatic rings. The normalized spacial score (nSPS) is 12.2. The van der Waals surface area contributed by atoms with E-state index >= 15 is 0 Å². The molecule has 3 heterocycles. The zero-order valence-corrected chi connectivity index (χ0v) is 32.6. The topological polar surface area (TPSA) is 34.0 Å². The van der Waals surface area contributed by atoms with Crippen molar-refractivity contribution in [1.29, 1.82) is 0 Å². The predicted molar refractivity (Wildman–Crippen MR) is 251 cm³/mol. The second-order valence-electron chi connectivity index (χ2n) is 15.4. The molecule has 1 aliphatic heterocycles. The second kappa shape index (κ2) is 13.8. The van der Waals surface area contributed by atoms with Gasteiger partial charge < -0.3 is 4.90 Å². The third kappa shape index (κ3) is 5.53. The first-order valence-electron chi connectivity index (χ1n) is 20.4. The fraction of sp³-hybridized carbons (Fsp3) is 0. The lowest BCUT2D eigenvalue weighted by Gasteiger charge is -2.27. The maximum atomic E-state index is 5.44. The van der Waals surface area contributed by atoms with Crippen LogP contribution >= 0.6 is 0 Å². The van der Waals surface area contributed by atoms with Gasteiger partial charge in [-0.05, 0) is 86.6 Å². The molecule has 12 rings (SSSR count). The van der Waals surface area contributed by atoms with Gasteiger partial charge >= 0.3 is 0 Å². The maximum absolute atomic E-state index is 5.44. The third-order valence-electron chi connectivity index (χ3n) is 12.0. The van der Waals surface area contributed by atoms with Crippen molar-refractivity contribution in [2.45, 2.75) is 0 Å². The van der Waals surface area contributed by atoms with Crippen LogP contribution in [0.3, 0.4) is 0 Å². The van der Waals surface area contributed by atoms with Crippen molar-refractivity contribution in [3.8, 4) is 39.5 Å². The lowest BCUT2D eigenvalue weighted by molar-refractivity contribution is 1.01. The average Bonchev–Trinajstić information content (AvgIpc) is 3.55. The van der Waals surface area contributed by atoms with E-state index in [1.165, 1.54) is 27.5 Å². The highest BCUT2D eigenvalue weighted by Crippen LogP contribution is 2.44. The van der Waals surface area contributed by atoms with Crippen molar-refractivity contribution in [3.05, 3.63) is 217 Å². The fourth-order valence-corrected chi connectivity index (χ4v) is 9.09. The first kappa shape index (κ1) is 34.0. The Kier molecular flexibility index (Phi) is 7.82. The summed E-state index contributed by atoms with van der Waals surface area (Å²) in [6.45, 7) is 0. The van der Waals surface area contributed by atoms with Crippen molar-refractivity contribution < 1.29 is 0 Å². The van der Waals surface area contributed by atoms with Crippen LogP contribution in [0.25, 0.3) is 95.1 Å². The number of hydrogen-bond acceptors (Lipinski definition) is 3. The van der Waals surface area contributed by atoms with Crippen LogP contribution in [0.4, 0.5) is 17.1 Å². The Morgan fingerprint density at radius 3 is 1.88 bits per heavy atom. The zero-order chi connectivity index (χ0) is 39.6. The Morgan fingerprint density at radius 2 is 1.00 bits per heavy atom. The summed E-state index contributed by atoms with van der Waals surface area (Å²) in [6, 6.07) is 73.7. The van der Waals surface area contributed by atoms with Gasteiger partial charge in [-0.1, -0.05) is 176 Å². The van der Waals surface area contributed by atoms with Crippen molar-refractivity contribution in [1.82, 2.24) is 14.5 Å². The standard InChI is InChI=1S/C56H36N4/c1-2-16-44(17-3-1)59-51-23-10-5-14-39(51)27-28-40-29-32-42(35-53(40)59)43-33-34-48-47-19-8-11-24-52(47)60(54(48)36-43)56-57-50-22-9-7-20-49(50)55(58-56)41-30-25-38(26-31-41)46-21-12-15-37-13-4-6-18-45(37)46/h1-36H. The van der Waals surface area contributed by atoms with E-state index in [0.29, 0.717) is 5.95 Å². The van der Waals surface area contributed by atoms with E-state index in [4.69, 9.17) is 9.97 Å². The molecule has 2 aromatic heterocycles. The van der Waals surface area contributed by atoms with Gasteiger partial charge in [0, 0.05) is 27.4 Å². The molecule has 0 radical (unpaired) electrons. The van der Waals surface area contributed by atoms with E-state index in [-0.39, 0.29) is 0 Å². The van der Waals surface area contributed by atoms with Crippen LogP contribution in [0.15, 0.2) is 206 Å². The van der Waals surface area contributed by atoms with E-state index in [1.807, 2.05) is 0 Å².